The molecule has 4 nitrogen and oxygen atoms in total. The smallest absolute Gasteiger partial charge is 0.241 e. The van der Waals surface area contributed by atoms with E-state index >= 15 is 0 Å². The van der Waals surface area contributed by atoms with Crippen molar-refractivity contribution in [3.63, 3.8) is 0 Å². The maximum Gasteiger partial charge on any atom is 0.241 e. The van der Waals surface area contributed by atoms with Gasteiger partial charge in [0.15, 0.2) is 0 Å². The number of benzene rings is 2. The van der Waals surface area contributed by atoms with E-state index in [1.165, 1.54) is 0 Å². The van der Waals surface area contributed by atoms with Gasteiger partial charge in [-0.05, 0) is 55.3 Å². The number of nitriles is 1. The molecule has 0 heterocycles. The highest BCUT2D eigenvalue weighted by Gasteiger charge is 2.18. The van der Waals surface area contributed by atoms with Crippen molar-refractivity contribution in [2.45, 2.75) is 32.4 Å². The van der Waals surface area contributed by atoms with Gasteiger partial charge in [0.2, 0.25) is 5.91 Å². The van der Waals surface area contributed by atoms with Crippen LogP contribution < -0.4 is 10.6 Å². The molecule has 0 aliphatic rings. The van der Waals surface area contributed by atoms with Crippen LogP contribution in [0.5, 0.6) is 0 Å². The summed E-state index contributed by atoms with van der Waals surface area (Å²) in [5.74, 6) is -0.102. The third-order valence-electron chi connectivity index (χ3n) is 3.81. The minimum absolute atomic E-state index is 0.102. The van der Waals surface area contributed by atoms with Crippen LogP contribution in [-0.2, 0) is 4.79 Å². The van der Waals surface area contributed by atoms with Crippen LogP contribution in [0.2, 0.25) is 0 Å². The van der Waals surface area contributed by atoms with Crippen LogP contribution in [0.3, 0.4) is 0 Å². The first kappa shape index (κ1) is 18.2. The van der Waals surface area contributed by atoms with Gasteiger partial charge in [0.25, 0.3) is 0 Å². The van der Waals surface area contributed by atoms with Crippen LogP contribution in [0, 0.1) is 11.3 Å². The van der Waals surface area contributed by atoms with Crippen LogP contribution in [0.15, 0.2) is 53.0 Å². The summed E-state index contributed by atoms with van der Waals surface area (Å²) in [6, 6.07) is 16.8. The molecule has 0 saturated heterocycles. The topological polar surface area (TPSA) is 64.9 Å². The van der Waals surface area contributed by atoms with Gasteiger partial charge in [-0.3, -0.25) is 10.1 Å². The van der Waals surface area contributed by atoms with Crippen molar-refractivity contribution in [1.82, 2.24) is 5.32 Å². The minimum Gasteiger partial charge on any atom is -0.325 e. The van der Waals surface area contributed by atoms with Gasteiger partial charge in [0, 0.05) is 16.2 Å². The first-order chi connectivity index (χ1) is 11.5. The average Bonchev–Trinajstić information content (AvgIpc) is 2.61. The summed E-state index contributed by atoms with van der Waals surface area (Å²) in [7, 11) is 0. The van der Waals surface area contributed by atoms with E-state index in [9.17, 15) is 4.79 Å². The first-order valence-corrected chi connectivity index (χ1v) is 8.65. The van der Waals surface area contributed by atoms with Gasteiger partial charge in [-0.1, -0.05) is 35.0 Å². The third-order valence-corrected chi connectivity index (χ3v) is 4.34. The molecule has 2 aromatic carbocycles. The molecular formula is C19H20BrN3O. The molecule has 0 aliphatic heterocycles. The fourth-order valence-corrected chi connectivity index (χ4v) is 2.67. The minimum atomic E-state index is -0.339. The highest BCUT2D eigenvalue weighted by atomic mass is 79.9. The molecule has 2 atom stereocenters. The predicted octanol–water partition coefficient (Wildman–Crippen LogP) is 4.39. The highest BCUT2D eigenvalue weighted by Crippen LogP contribution is 2.20. The first-order valence-electron chi connectivity index (χ1n) is 7.86. The Bertz CT molecular complexity index is 720. The molecule has 2 rings (SSSR count). The number of halogens is 1. The number of hydrogen-bond acceptors (Lipinski definition) is 3. The number of nitrogens with one attached hydrogen (secondary N) is 2. The number of nitrogens with zero attached hydrogens (tertiary/aromatic N) is 1. The lowest BCUT2D eigenvalue weighted by Crippen LogP contribution is -2.40. The molecule has 0 aliphatic carbocycles. The van der Waals surface area contributed by atoms with Crippen molar-refractivity contribution in [3.8, 4) is 6.07 Å². The largest absolute Gasteiger partial charge is 0.325 e. The van der Waals surface area contributed by atoms with E-state index in [1.807, 2.05) is 19.1 Å². The van der Waals surface area contributed by atoms with Crippen molar-refractivity contribution < 1.29 is 4.79 Å². The molecule has 5 heteroatoms. The fraction of sp³-hybridized carbons (Fsp3) is 0.263. The van der Waals surface area contributed by atoms with Crippen molar-refractivity contribution in [2.24, 2.45) is 0 Å². The van der Waals surface area contributed by atoms with E-state index in [1.54, 1.807) is 24.3 Å². The zero-order valence-electron chi connectivity index (χ0n) is 13.7. The van der Waals surface area contributed by atoms with E-state index in [-0.39, 0.29) is 18.0 Å². The molecule has 0 saturated carbocycles. The second-order valence-corrected chi connectivity index (χ2v) is 6.49. The van der Waals surface area contributed by atoms with Gasteiger partial charge in [-0.2, -0.15) is 5.26 Å². The Balaban J connectivity index is 1.98. The maximum atomic E-state index is 12.4. The van der Waals surface area contributed by atoms with E-state index in [0.717, 1.165) is 16.5 Å². The average molecular weight is 386 g/mol. The Morgan fingerprint density at radius 1 is 1.17 bits per heavy atom. The molecule has 0 spiro atoms. The lowest BCUT2D eigenvalue weighted by Gasteiger charge is -2.22. The number of anilines is 1. The maximum absolute atomic E-state index is 12.4. The molecule has 1 amide bonds. The lowest BCUT2D eigenvalue weighted by molar-refractivity contribution is -0.118. The quantitative estimate of drug-likeness (QED) is 0.774. The van der Waals surface area contributed by atoms with Gasteiger partial charge < -0.3 is 5.32 Å². The van der Waals surface area contributed by atoms with Crippen LogP contribution in [0.25, 0.3) is 0 Å². The Kier molecular flexibility index (Phi) is 6.53. The Hall–Kier alpha value is -2.16. The summed E-state index contributed by atoms with van der Waals surface area (Å²) in [6.07, 6.45) is 0.885. The normalized spacial score (nSPS) is 12.9. The molecule has 124 valence electrons. The Morgan fingerprint density at radius 2 is 1.79 bits per heavy atom. The van der Waals surface area contributed by atoms with E-state index < -0.39 is 0 Å². The number of carbonyl (C=O) groups is 1. The summed E-state index contributed by atoms with van der Waals surface area (Å²) in [5.41, 5.74) is 2.41. The predicted molar refractivity (Wildman–Crippen MR) is 99.6 cm³/mol. The summed E-state index contributed by atoms with van der Waals surface area (Å²) in [4.78, 5) is 12.4. The van der Waals surface area contributed by atoms with Gasteiger partial charge in [0.05, 0.1) is 17.7 Å². The number of carbonyl (C=O) groups excluding carboxylic acids is 1. The third kappa shape index (κ3) is 4.92. The summed E-state index contributed by atoms with van der Waals surface area (Å²) in [6.45, 7) is 3.94. The molecule has 0 radical (unpaired) electrons. The van der Waals surface area contributed by atoms with Crippen molar-refractivity contribution in [1.29, 1.82) is 5.26 Å². The van der Waals surface area contributed by atoms with E-state index in [0.29, 0.717) is 11.3 Å². The molecule has 0 unspecified atom stereocenters. The molecule has 0 aromatic heterocycles. The van der Waals surface area contributed by atoms with Crippen LogP contribution in [0.4, 0.5) is 5.69 Å². The monoisotopic (exact) mass is 385 g/mol. The zero-order chi connectivity index (χ0) is 17.5. The van der Waals surface area contributed by atoms with Crippen molar-refractivity contribution in [3.05, 3.63) is 64.1 Å². The van der Waals surface area contributed by atoms with Gasteiger partial charge in [0.1, 0.15) is 0 Å². The summed E-state index contributed by atoms with van der Waals surface area (Å²) >= 11 is 3.43. The number of rotatable bonds is 6. The highest BCUT2D eigenvalue weighted by molar-refractivity contribution is 9.10. The molecule has 0 fully saturated rings. The van der Waals surface area contributed by atoms with Crippen LogP contribution >= 0.6 is 15.9 Å². The molecule has 24 heavy (non-hydrogen) atoms. The number of hydrogen-bond donors (Lipinski definition) is 2. The SMILES string of the molecule is CC[C@H](N[C@H](C)C(=O)Nc1ccc(C#N)cc1)c1ccc(Br)cc1. The summed E-state index contributed by atoms with van der Waals surface area (Å²) in [5, 5.41) is 15.0. The van der Waals surface area contributed by atoms with Crippen molar-refractivity contribution >= 4 is 27.5 Å². The van der Waals surface area contributed by atoms with Gasteiger partial charge in [-0.25, -0.2) is 0 Å². The van der Waals surface area contributed by atoms with E-state index in [4.69, 9.17) is 5.26 Å². The fourth-order valence-electron chi connectivity index (χ4n) is 2.40. The summed E-state index contributed by atoms with van der Waals surface area (Å²) < 4.78 is 1.03. The molecule has 2 N–H and O–H groups in total. The van der Waals surface area contributed by atoms with Gasteiger partial charge >= 0.3 is 0 Å². The lowest BCUT2D eigenvalue weighted by atomic mass is 10.0. The Morgan fingerprint density at radius 3 is 2.33 bits per heavy atom. The standard InChI is InChI=1S/C19H20BrN3O/c1-3-18(15-6-8-16(20)9-7-15)22-13(2)19(24)23-17-10-4-14(12-21)5-11-17/h4-11,13,18,22H,3H2,1-2H3,(H,23,24)/t13-,18+/m1/s1. The molecule has 0 bridgehead atoms. The van der Waals surface area contributed by atoms with Crippen LogP contribution in [0.1, 0.15) is 37.4 Å². The van der Waals surface area contributed by atoms with Crippen LogP contribution in [-0.4, -0.2) is 11.9 Å². The number of amides is 1. The Labute approximate surface area is 151 Å². The van der Waals surface area contributed by atoms with E-state index in [2.05, 4.69) is 51.7 Å². The molecule has 2 aromatic rings. The second-order valence-electron chi connectivity index (χ2n) is 5.58. The molecular weight excluding hydrogens is 366 g/mol. The second kappa shape index (κ2) is 8.62. The zero-order valence-corrected chi connectivity index (χ0v) is 15.3. The van der Waals surface area contributed by atoms with Crippen molar-refractivity contribution in [2.75, 3.05) is 5.32 Å². The van der Waals surface area contributed by atoms with Gasteiger partial charge in [-0.15, -0.1) is 0 Å².